The predicted molar refractivity (Wildman–Crippen MR) is 66.2 cm³/mol. The molecule has 0 bridgehead atoms. The second kappa shape index (κ2) is 4.40. The van der Waals surface area contributed by atoms with Crippen molar-refractivity contribution in [3.05, 3.63) is 29.2 Å². The Balaban J connectivity index is 2.27. The Kier molecular flexibility index (Phi) is 2.95. The number of nitrogens with zero attached hydrogens (tertiary/aromatic N) is 4. The van der Waals surface area contributed by atoms with Gasteiger partial charge in [0.15, 0.2) is 0 Å². The molecule has 2 aromatic heterocycles. The molecule has 0 aliphatic heterocycles. The van der Waals surface area contributed by atoms with Gasteiger partial charge in [-0.3, -0.25) is 4.68 Å². The van der Waals surface area contributed by atoms with Crippen LogP contribution in [0.1, 0.15) is 23.9 Å². The van der Waals surface area contributed by atoms with Crippen molar-refractivity contribution in [2.45, 2.75) is 19.8 Å². The summed E-state index contributed by atoms with van der Waals surface area (Å²) in [4.78, 5) is 7.89. The molecular formula is C11H16N6. The number of anilines is 2. The summed E-state index contributed by atoms with van der Waals surface area (Å²) in [5.74, 6) is 0.627. The van der Waals surface area contributed by atoms with Crippen LogP contribution in [0.2, 0.25) is 0 Å². The minimum Gasteiger partial charge on any atom is -0.383 e. The molecule has 0 radical (unpaired) electrons. The van der Waals surface area contributed by atoms with E-state index in [1.165, 1.54) is 0 Å². The first-order valence-corrected chi connectivity index (χ1v) is 5.48. The zero-order valence-electron chi connectivity index (χ0n) is 10.0. The number of rotatable bonds is 3. The van der Waals surface area contributed by atoms with Crippen molar-refractivity contribution in [3.63, 3.8) is 0 Å². The van der Waals surface area contributed by atoms with Gasteiger partial charge in [0.1, 0.15) is 5.82 Å². The Bertz CT molecular complexity index is 531. The summed E-state index contributed by atoms with van der Waals surface area (Å²) in [5.41, 5.74) is 14.3. The van der Waals surface area contributed by atoms with Gasteiger partial charge in [-0.1, -0.05) is 6.92 Å². The Morgan fingerprint density at radius 2 is 2.12 bits per heavy atom. The maximum absolute atomic E-state index is 5.80. The maximum atomic E-state index is 5.80. The van der Waals surface area contributed by atoms with Crippen LogP contribution in [0.25, 0.3) is 0 Å². The molecule has 0 fully saturated rings. The average Bonchev–Trinajstić information content (AvgIpc) is 2.64. The van der Waals surface area contributed by atoms with Crippen LogP contribution in [0, 0.1) is 0 Å². The summed E-state index contributed by atoms with van der Waals surface area (Å²) < 4.78 is 1.86. The number of nitrogen functional groups attached to an aromatic ring is 2. The SMILES string of the molecule is CCc1cc(Cc2cnc(N)nc2N)n(C)n1. The number of hydrogen-bond acceptors (Lipinski definition) is 5. The molecule has 4 N–H and O–H groups in total. The summed E-state index contributed by atoms with van der Waals surface area (Å²) >= 11 is 0. The van der Waals surface area contributed by atoms with Gasteiger partial charge in [0, 0.05) is 30.9 Å². The minimum atomic E-state index is 0.200. The highest BCUT2D eigenvalue weighted by atomic mass is 15.3. The van der Waals surface area contributed by atoms with Crippen LogP contribution in [-0.2, 0) is 19.9 Å². The molecule has 0 spiro atoms. The highest BCUT2D eigenvalue weighted by Crippen LogP contribution is 2.15. The fourth-order valence-corrected chi connectivity index (χ4v) is 1.68. The van der Waals surface area contributed by atoms with E-state index in [4.69, 9.17) is 11.5 Å². The van der Waals surface area contributed by atoms with Crippen molar-refractivity contribution < 1.29 is 0 Å². The summed E-state index contributed by atoms with van der Waals surface area (Å²) in [6.45, 7) is 2.08. The highest BCUT2D eigenvalue weighted by Gasteiger charge is 2.08. The van der Waals surface area contributed by atoms with E-state index in [2.05, 4.69) is 28.1 Å². The lowest BCUT2D eigenvalue weighted by Gasteiger charge is -2.04. The summed E-state index contributed by atoms with van der Waals surface area (Å²) in [6.07, 6.45) is 3.24. The number of aryl methyl sites for hydroxylation is 2. The Morgan fingerprint density at radius 1 is 1.35 bits per heavy atom. The first-order valence-electron chi connectivity index (χ1n) is 5.48. The van der Waals surface area contributed by atoms with Crippen LogP contribution >= 0.6 is 0 Å². The molecule has 0 saturated carbocycles. The number of nitrogens with two attached hydrogens (primary N) is 2. The first-order chi connectivity index (χ1) is 8.10. The van der Waals surface area contributed by atoms with Gasteiger partial charge in [0.25, 0.3) is 0 Å². The number of hydrogen-bond donors (Lipinski definition) is 2. The molecule has 0 unspecified atom stereocenters. The molecule has 17 heavy (non-hydrogen) atoms. The predicted octanol–water partition coefficient (Wildman–Crippen LogP) is 0.528. The second-order valence-electron chi connectivity index (χ2n) is 3.92. The lowest BCUT2D eigenvalue weighted by atomic mass is 10.1. The van der Waals surface area contributed by atoms with Crippen molar-refractivity contribution in [2.24, 2.45) is 7.05 Å². The van der Waals surface area contributed by atoms with Crippen LogP contribution in [0.3, 0.4) is 0 Å². The molecule has 0 saturated heterocycles. The van der Waals surface area contributed by atoms with Crippen molar-refractivity contribution in [2.75, 3.05) is 11.5 Å². The second-order valence-corrected chi connectivity index (χ2v) is 3.92. The van der Waals surface area contributed by atoms with E-state index in [-0.39, 0.29) is 5.95 Å². The Hall–Kier alpha value is -2.11. The molecule has 6 heteroatoms. The molecule has 0 aliphatic rings. The standard InChI is InChI=1S/C11H16N6/c1-3-8-5-9(17(2)16-8)4-7-6-14-11(13)15-10(7)12/h5-6H,3-4H2,1-2H3,(H4,12,13,14,15). The van der Waals surface area contributed by atoms with E-state index in [9.17, 15) is 0 Å². The van der Waals surface area contributed by atoms with E-state index >= 15 is 0 Å². The van der Waals surface area contributed by atoms with Gasteiger partial charge >= 0.3 is 0 Å². The summed E-state index contributed by atoms with van der Waals surface area (Å²) in [7, 11) is 1.92. The van der Waals surface area contributed by atoms with Gasteiger partial charge in [-0.15, -0.1) is 0 Å². The number of aromatic nitrogens is 4. The quantitative estimate of drug-likeness (QED) is 0.804. The van der Waals surface area contributed by atoms with Gasteiger partial charge in [-0.2, -0.15) is 10.1 Å². The third-order valence-corrected chi connectivity index (χ3v) is 2.68. The Morgan fingerprint density at radius 3 is 2.71 bits per heavy atom. The zero-order valence-corrected chi connectivity index (χ0v) is 10.0. The average molecular weight is 232 g/mol. The van der Waals surface area contributed by atoms with Crippen molar-refractivity contribution in [1.82, 2.24) is 19.7 Å². The van der Waals surface area contributed by atoms with E-state index in [1.807, 2.05) is 11.7 Å². The molecule has 0 atom stereocenters. The van der Waals surface area contributed by atoms with E-state index in [1.54, 1.807) is 6.20 Å². The molecule has 2 heterocycles. The molecule has 0 aromatic carbocycles. The largest absolute Gasteiger partial charge is 0.383 e. The van der Waals surface area contributed by atoms with Gasteiger partial charge < -0.3 is 11.5 Å². The molecule has 0 aliphatic carbocycles. The third-order valence-electron chi connectivity index (χ3n) is 2.68. The molecule has 2 aromatic rings. The maximum Gasteiger partial charge on any atom is 0.221 e. The van der Waals surface area contributed by atoms with Crippen molar-refractivity contribution >= 4 is 11.8 Å². The van der Waals surface area contributed by atoms with Crippen LogP contribution in [0.5, 0.6) is 0 Å². The van der Waals surface area contributed by atoms with E-state index in [0.717, 1.165) is 23.4 Å². The van der Waals surface area contributed by atoms with Gasteiger partial charge in [-0.25, -0.2) is 4.98 Å². The molecule has 0 amide bonds. The molecular weight excluding hydrogens is 216 g/mol. The van der Waals surface area contributed by atoms with Gasteiger partial charge in [0.2, 0.25) is 5.95 Å². The minimum absolute atomic E-state index is 0.200. The van der Waals surface area contributed by atoms with Crippen molar-refractivity contribution in [1.29, 1.82) is 0 Å². The smallest absolute Gasteiger partial charge is 0.221 e. The van der Waals surface area contributed by atoms with Crippen LogP contribution in [0.15, 0.2) is 12.3 Å². The first kappa shape index (κ1) is 11.4. The summed E-state index contributed by atoms with van der Waals surface area (Å²) in [5, 5.41) is 4.38. The molecule has 90 valence electrons. The van der Waals surface area contributed by atoms with Crippen LogP contribution in [-0.4, -0.2) is 19.7 Å². The third kappa shape index (κ3) is 2.35. The van der Waals surface area contributed by atoms with Gasteiger partial charge in [0.05, 0.1) is 5.69 Å². The van der Waals surface area contributed by atoms with Gasteiger partial charge in [-0.05, 0) is 12.5 Å². The highest BCUT2D eigenvalue weighted by molar-refractivity contribution is 5.43. The fourth-order valence-electron chi connectivity index (χ4n) is 1.68. The molecule has 2 rings (SSSR count). The monoisotopic (exact) mass is 232 g/mol. The molecule has 6 nitrogen and oxygen atoms in total. The Labute approximate surface area is 99.7 Å². The summed E-state index contributed by atoms with van der Waals surface area (Å²) in [6, 6.07) is 2.07. The zero-order chi connectivity index (χ0) is 12.4. The normalized spacial score (nSPS) is 10.7. The lowest BCUT2D eigenvalue weighted by molar-refractivity contribution is 0.709. The lowest BCUT2D eigenvalue weighted by Crippen LogP contribution is -2.06. The van der Waals surface area contributed by atoms with E-state index in [0.29, 0.717) is 12.2 Å². The topological polar surface area (TPSA) is 95.6 Å². The van der Waals surface area contributed by atoms with Crippen LogP contribution < -0.4 is 11.5 Å². The fraction of sp³-hybridized carbons (Fsp3) is 0.364. The van der Waals surface area contributed by atoms with E-state index < -0.39 is 0 Å². The van der Waals surface area contributed by atoms with Crippen molar-refractivity contribution in [3.8, 4) is 0 Å². The van der Waals surface area contributed by atoms with Crippen LogP contribution in [0.4, 0.5) is 11.8 Å².